The summed E-state index contributed by atoms with van der Waals surface area (Å²) in [5, 5.41) is 11.7. The summed E-state index contributed by atoms with van der Waals surface area (Å²) in [7, 11) is 0. The first-order chi connectivity index (χ1) is 9.49. The SMILES string of the molecule is Nc1cccc(/C=C/C(=O)NC2(CC(=O)O)CCC2)c1. The first-order valence-corrected chi connectivity index (χ1v) is 6.57. The molecular weight excluding hydrogens is 256 g/mol. The Morgan fingerprint density at radius 2 is 2.15 bits per heavy atom. The number of carboxylic acid groups (broad SMARTS) is 1. The monoisotopic (exact) mass is 274 g/mol. The molecule has 1 aromatic carbocycles. The number of aliphatic carboxylic acids is 1. The molecule has 0 spiro atoms. The van der Waals surface area contributed by atoms with Crippen molar-refractivity contribution >= 4 is 23.6 Å². The Labute approximate surface area is 117 Å². The van der Waals surface area contributed by atoms with Crippen molar-refractivity contribution in [2.75, 3.05) is 5.73 Å². The average molecular weight is 274 g/mol. The van der Waals surface area contributed by atoms with Crippen molar-refractivity contribution in [1.29, 1.82) is 0 Å². The van der Waals surface area contributed by atoms with Crippen molar-refractivity contribution in [3.63, 3.8) is 0 Å². The van der Waals surface area contributed by atoms with Crippen molar-refractivity contribution in [3.05, 3.63) is 35.9 Å². The van der Waals surface area contributed by atoms with Gasteiger partial charge in [0.25, 0.3) is 0 Å². The van der Waals surface area contributed by atoms with E-state index < -0.39 is 11.5 Å². The van der Waals surface area contributed by atoms with Gasteiger partial charge in [-0.05, 0) is 43.0 Å². The summed E-state index contributed by atoms with van der Waals surface area (Å²) in [5.74, 6) is -1.15. The van der Waals surface area contributed by atoms with Gasteiger partial charge < -0.3 is 16.2 Å². The molecule has 0 radical (unpaired) electrons. The number of amides is 1. The predicted molar refractivity (Wildman–Crippen MR) is 76.9 cm³/mol. The maximum Gasteiger partial charge on any atom is 0.305 e. The predicted octanol–water partition coefficient (Wildman–Crippen LogP) is 1.80. The van der Waals surface area contributed by atoms with Gasteiger partial charge in [0.15, 0.2) is 0 Å². The molecule has 2 rings (SSSR count). The first kappa shape index (κ1) is 14.1. The lowest BCUT2D eigenvalue weighted by Crippen LogP contribution is -2.54. The van der Waals surface area contributed by atoms with E-state index in [1.807, 2.05) is 12.1 Å². The first-order valence-electron chi connectivity index (χ1n) is 6.57. The van der Waals surface area contributed by atoms with Gasteiger partial charge in [0, 0.05) is 11.8 Å². The second-order valence-corrected chi connectivity index (χ2v) is 5.20. The lowest BCUT2D eigenvalue weighted by molar-refractivity contribution is -0.140. The van der Waals surface area contributed by atoms with Crippen molar-refractivity contribution < 1.29 is 14.7 Å². The molecule has 0 atom stereocenters. The standard InChI is InChI=1S/C15H18N2O3/c16-12-4-1-3-11(9-12)5-6-13(18)17-15(7-2-8-15)10-14(19)20/h1,3-6,9H,2,7-8,10,16H2,(H,17,18)(H,19,20)/b6-5+. The Balaban J connectivity index is 1.96. The fourth-order valence-corrected chi connectivity index (χ4v) is 2.38. The van der Waals surface area contributed by atoms with Crippen LogP contribution in [-0.2, 0) is 9.59 Å². The van der Waals surface area contributed by atoms with Crippen molar-refractivity contribution in [1.82, 2.24) is 5.32 Å². The highest BCUT2D eigenvalue weighted by atomic mass is 16.4. The molecular formula is C15H18N2O3. The minimum atomic E-state index is -0.884. The molecule has 1 fully saturated rings. The Kier molecular flexibility index (Phi) is 4.08. The van der Waals surface area contributed by atoms with Crippen LogP contribution in [0.5, 0.6) is 0 Å². The number of benzene rings is 1. The minimum absolute atomic E-state index is 0.0230. The zero-order valence-corrected chi connectivity index (χ0v) is 11.1. The third kappa shape index (κ3) is 3.60. The van der Waals surface area contributed by atoms with Crippen molar-refractivity contribution in [2.24, 2.45) is 0 Å². The number of nitrogen functional groups attached to an aromatic ring is 1. The number of carbonyl (C=O) groups is 2. The van der Waals surface area contributed by atoms with E-state index in [9.17, 15) is 9.59 Å². The summed E-state index contributed by atoms with van der Waals surface area (Å²) in [6.45, 7) is 0. The molecule has 0 bridgehead atoms. The molecule has 5 heteroatoms. The van der Waals surface area contributed by atoms with Crippen LogP contribution in [0.1, 0.15) is 31.2 Å². The lowest BCUT2D eigenvalue weighted by Gasteiger charge is -2.41. The van der Waals surface area contributed by atoms with Crippen LogP contribution in [0.25, 0.3) is 6.08 Å². The van der Waals surface area contributed by atoms with Crippen LogP contribution in [0.3, 0.4) is 0 Å². The molecule has 1 aromatic rings. The fourth-order valence-electron chi connectivity index (χ4n) is 2.38. The van der Waals surface area contributed by atoms with Gasteiger partial charge in [-0.15, -0.1) is 0 Å². The van der Waals surface area contributed by atoms with E-state index in [1.165, 1.54) is 6.08 Å². The largest absolute Gasteiger partial charge is 0.481 e. The van der Waals surface area contributed by atoms with Crippen LogP contribution < -0.4 is 11.1 Å². The number of carbonyl (C=O) groups excluding carboxylic acids is 1. The van der Waals surface area contributed by atoms with Crippen molar-refractivity contribution in [2.45, 2.75) is 31.2 Å². The average Bonchev–Trinajstić information content (AvgIpc) is 2.33. The third-order valence-electron chi connectivity index (χ3n) is 3.53. The minimum Gasteiger partial charge on any atom is -0.481 e. The highest BCUT2D eigenvalue weighted by Crippen LogP contribution is 2.34. The molecule has 0 aliphatic heterocycles. The number of carboxylic acids is 1. The molecule has 1 aliphatic carbocycles. The second kappa shape index (κ2) is 5.77. The number of rotatable bonds is 5. The zero-order chi connectivity index (χ0) is 14.6. The molecule has 4 N–H and O–H groups in total. The third-order valence-corrected chi connectivity index (χ3v) is 3.53. The smallest absolute Gasteiger partial charge is 0.305 e. The summed E-state index contributed by atoms with van der Waals surface area (Å²) >= 11 is 0. The van der Waals surface area contributed by atoms with E-state index in [0.29, 0.717) is 5.69 Å². The van der Waals surface area contributed by atoms with Gasteiger partial charge in [-0.3, -0.25) is 9.59 Å². The van der Waals surface area contributed by atoms with Gasteiger partial charge in [-0.1, -0.05) is 12.1 Å². The summed E-state index contributed by atoms with van der Waals surface area (Å²) in [4.78, 5) is 22.7. The number of nitrogens with one attached hydrogen (secondary N) is 1. The summed E-state index contributed by atoms with van der Waals surface area (Å²) in [6, 6.07) is 7.19. The van der Waals surface area contributed by atoms with E-state index in [-0.39, 0.29) is 12.3 Å². The normalized spacial score (nSPS) is 16.6. The number of anilines is 1. The Bertz CT molecular complexity index is 548. The van der Waals surface area contributed by atoms with Crippen LogP contribution in [0.2, 0.25) is 0 Å². The topological polar surface area (TPSA) is 92.4 Å². The van der Waals surface area contributed by atoms with Crippen molar-refractivity contribution in [3.8, 4) is 0 Å². The summed E-state index contributed by atoms with van der Waals surface area (Å²) in [5.41, 5.74) is 6.55. The fraction of sp³-hybridized carbons (Fsp3) is 0.333. The molecule has 0 unspecified atom stereocenters. The van der Waals surface area contributed by atoms with Crippen LogP contribution in [0, 0.1) is 0 Å². The molecule has 5 nitrogen and oxygen atoms in total. The maximum absolute atomic E-state index is 11.9. The number of hydrogen-bond donors (Lipinski definition) is 3. The van der Waals surface area contributed by atoms with E-state index in [4.69, 9.17) is 10.8 Å². The Morgan fingerprint density at radius 3 is 2.70 bits per heavy atom. The molecule has 0 heterocycles. The molecule has 20 heavy (non-hydrogen) atoms. The Morgan fingerprint density at radius 1 is 1.40 bits per heavy atom. The molecule has 1 saturated carbocycles. The van der Waals surface area contributed by atoms with Gasteiger partial charge in [0.1, 0.15) is 0 Å². The molecule has 106 valence electrons. The number of hydrogen-bond acceptors (Lipinski definition) is 3. The second-order valence-electron chi connectivity index (χ2n) is 5.20. The summed E-state index contributed by atoms with van der Waals surface area (Å²) < 4.78 is 0. The van der Waals surface area contributed by atoms with E-state index in [2.05, 4.69) is 5.32 Å². The summed E-state index contributed by atoms with van der Waals surface area (Å²) in [6.07, 6.45) is 5.45. The van der Waals surface area contributed by atoms with Crippen LogP contribution in [0.15, 0.2) is 30.3 Å². The number of nitrogens with two attached hydrogens (primary N) is 1. The maximum atomic E-state index is 11.9. The molecule has 1 amide bonds. The quantitative estimate of drug-likeness (QED) is 0.564. The van der Waals surface area contributed by atoms with E-state index in [0.717, 1.165) is 24.8 Å². The van der Waals surface area contributed by atoms with E-state index >= 15 is 0 Å². The Hall–Kier alpha value is -2.30. The van der Waals surface area contributed by atoms with Crippen LogP contribution in [0.4, 0.5) is 5.69 Å². The van der Waals surface area contributed by atoms with Crippen LogP contribution >= 0.6 is 0 Å². The highest BCUT2D eigenvalue weighted by molar-refractivity contribution is 5.92. The lowest BCUT2D eigenvalue weighted by atomic mass is 9.74. The zero-order valence-electron chi connectivity index (χ0n) is 11.1. The molecule has 0 saturated heterocycles. The van der Waals surface area contributed by atoms with Crippen LogP contribution in [-0.4, -0.2) is 22.5 Å². The molecule has 1 aliphatic rings. The van der Waals surface area contributed by atoms with Gasteiger partial charge in [0.05, 0.1) is 12.0 Å². The highest BCUT2D eigenvalue weighted by Gasteiger charge is 2.39. The van der Waals surface area contributed by atoms with Gasteiger partial charge >= 0.3 is 5.97 Å². The van der Waals surface area contributed by atoms with Gasteiger partial charge in [-0.25, -0.2) is 0 Å². The molecule has 0 aromatic heterocycles. The van der Waals surface area contributed by atoms with Gasteiger partial charge in [0.2, 0.25) is 5.91 Å². The van der Waals surface area contributed by atoms with E-state index in [1.54, 1.807) is 18.2 Å². The van der Waals surface area contributed by atoms with Gasteiger partial charge in [-0.2, -0.15) is 0 Å².